The first-order valence-corrected chi connectivity index (χ1v) is 10.8. The molecule has 5 nitrogen and oxygen atoms in total. The van der Waals surface area contributed by atoms with Crippen LogP contribution in [-0.2, 0) is 27.2 Å². The maximum Gasteiger partial charge on any atom is 0.251 e. The van der Waals surface area contributed by atoms with Gasteiger partial charge in [-0.15, -0.1) is 11.3 Å². The lowest BCUT2D eigenvalue weighted by Crippen LogP contribution is -2.61. The van der Waals surface area contributed by atoms with Crippen LogP contribution in [0.5, 0.6) is 0 Å². The number of benzene rings is 2. The molecule has 4 rings (SSSR count). The van der Waals surface area contributed by atoms with E-state index in [1.165, 1.54) is 4.88 Å². The summed E-state index contributed by atoms with van der Waals surface area (Å²) in [4.78, 5) is 28.1. The number of carbonyl (C=O) groups is 2. The molecular formula is C24H24N2O3S. The first-order valence-electron chi connectivity index (χ1n) is 9.94. The Bertz CT molecular complexity index is 1000. The number of rotatable bonds is 6. The fourth-order valence-electron chi connectivity index (χ4n) is 3.78. The van der Waals surface area contributed by atoms with Gasteiger partial charge < -0.3 is 15.4 Å². The van der Waals surface area contributed by atoms with Gasteiger partial charge in [0.25, 0.3) is 5.91 Å². The third-order valence-corrected chi connectivity index (χ3v) is 6.35. The summed E-state index contributed by atoms with van der Waals surface area (Å²) < 4.78 is 5.90. The van der Waals surface area contributed by atoms with Crippen molar-refractivity contribution < 1.29 is 14.3 Å². The summed E-state index contributed by atoms with van der Waals surface area (Å²) in [5, 5.41) is 2.04. The summed E-state index contributed by atoms with van der Waals surface area (Å²) in [6.45, 7) is 0.912. The second kappa shape index (κ2) is 8.81. The third kappa shape index (κ3) is 4.45. The van der Waals surface area contributed by atoms with E-state index < -0.39 is 11.5 Å². The van der Waals surface area contributed by atoms with E-state index in [9.17, 15) is 9.59 Å². The fraction of sp³-hybridized carbons (Fsp3) is 0.250. The van der Waals surface area contributed by atoms with Crippen molar-refractivity contribution in [2.45, 2.75) is 18.4 Å². The first kappa shape index (κ1) is 20.3. The van der Waals surface area contributed by atoms with E-state index in [0.29, 0.717) is 19.4 Å². The van der Waals surface area contributed by atoms with E-state index in [0.717, 1.165) is 16.7 Å². The fourth-order valence-corrected chi connectivity index (χ4v) is 4.51. The average Bonchev–Trinajstić information content (AvgIpc) is 3.30. The Labute approximate surface area is 180 Å². The monoisotopic (exact) mass is 420 g/mol. The van der Waals surface area contributed by atoms with E-state index in [4.69, 9.17) is 10.5 Å². The van der Waals surface area contributed by atoms with E-state index >= 15 is 0 Å². The van der Waals surface area contributed by atoms with E-state index in [-0.39, 0.29) is 19.1 Å². The summed E-state index contributed by atoms with van der Waals surface area (Å²) in [6, 6.07) is 21.8. The van der Waals surface area contributed by atoms with Crippen molar-refractivity contribution in [2.24, 2.45) is 5.73 Å². The molecule has 30 heavy (non-hydrogen) atoms. The number of carbonyl (C=O) groups excluding carboxylic acids is 2. The highest BCUT2D eigenvalue weighted by Crippen LogP contribution is 2.28. The molecule has 2 aromatic carbocycles. The van der Waals surface area contributed by atoms with Crippen molar-refractivity contribution in [3.8, 4) is 10.4 Å². The molecule has 1 atom stereocenters. The average molecular weight is 421 g/mol. The largest absolute Gasteiger partial charge is 0.367 e. The molecule has 1 fully saturated rings. The van der Waals surface area contributed by atoms with Crippen LogP contribution in [0.15, 0.2) is 72.1 Å². The van der Waals surface area contributed by atoms with Crippen LogP contribution in [0, 0.1) is 0 Å². The molecule has 6 heteroatoms. The van der Waals surface area contributed by atoms with Crippen molar-refractivity contribution in [3.63, 3.8) is 0 Å². The number of morpholine rings is 1. The van der Waals surface area contributed by atoms with Gasteiger partial charge in [0.1, 0.15) is 0 Å². The normalized spacial score (nSPS) is 18.9. The molecule has 2 N–H and O–H groups in total. The van der Waals surface area contributed by atoms with Crippen molar-refractivity contribution in [1.29, 1.82) is 0 Å². The van der Waals surface area contributed by atoms with Gasteiger partial charge in [-0.25, -0.2) is 0 Å². The number of amides is 2. The first-order chi connectivity index (χ1) is 14.6. The highest BCUT2D eigenvalue weighted by atomic mass is 32.1. The summed E-state index contributed by atoms with van der Waals surface area (Å²) >= 11 is 1.68. The van der Waals surface area contributed by atoms with Gasteiger partial charge in [0.2, 0.25) is 5.91 Å². The minimum absolute atomic E-state index is 0.0248. The van der Waals surface area contributed by atoms with Gasteiger partial charge in [0, 0.05) is 17.8 Å². The molecule has 1 aromatic heterocycles. The molecule has 1 aliphatic heterocycles. The Balaban J connectivity index is 1.49. The zero-order chi connectivity index (χ0) is 21.0. The highest BCUT2D eigenvalue weighted by Gasteiger charge is 2.43. The van der Waals surface area contributed by atoms with E-state index in [1.807, 2.05) is 66.0 Å². The predicted octanol–water partition coefficient (Wildman–Crippen LogP) is 3.28. The summed E-state index contributed by atoms with van der Waals surface area (Å²) in [5.41, 5.74) is 7.59. The quantitative estimate of drug-likeness (QED) is 0.665. The second-order valence-corrected chi connectivity index (χ2v) is 8.48. The molecule has 0 saturated carbocycles. The number of ether oxygens (including phenoxy) is 1. The Hall–Kier alpha value is -2.96. The Morgan fingerprint density at radius 1 is 1.00 bits per heavy atom. The van der Waals surface area contributed by atoms with Crippen LogP contribution in [-0.4, -0.2) is 42.0 Å². The molecule has 2 amide bonds. The number of hydrogen-bond donors (Lipinski definition) is 1. The SMILES string of the molecule is NC(=O)[C@]1(Cc2ccc(-c3cccs3)cc2)CN(C(=O)Cc2ccccc2)CCO1. The Morgan fingerprint density at radius 2 is 1.77 bits per heavy atom. The lowest BCUT2D eigenvalue weighted by molar-refractivity contribution is -0.163. The maximum absolute atomic E-state index is 12.8. The topological polar surface area (TPSA) is 72.6 Å². The van der Waals surface area contributed by atoms with Crippen molar-refractivity contribution in [3.05, 3.63) is 83.2 Å². The van der Waals surface area contributed by atoms with Crippen molar-refractivity contribution in [1.82, 2.24) is 4.90 Å². The van der Waals surface area contributed by atoms with Gasteiger partial charge in [-0.1, -0.05) is 60.7 Å². The molecule has 0 aliphatic carbocycles. The third-order valence-electron chi connectivity index (χ3n) is 5.44. The lowest BCUT2D eigenvalue weighted by Gasteiger charge is -2.41. The second-order valence-electron chi connectivity index (χ2n) is 7.54. The molecule has 0 bridgehead atoms. The molecule has 1 saturated heterocycles. The summed E-state index contributed by atoms with van der Waals surface area (Å²) in [6.07, 6.45) is 0.632. The van der Waals surface area contributed by atoms with Gasteiger partial charge in [-0.3, -0.25) is 9.59 Å². The van der Waals surface area contributed by atoms with Gasteiger partial charge in [0.05, 0.1) is 19.6 Å². The van der Waals surface area contributed by atoms with Gasteiger partial charge >= 0.3 is 0 Å². The molecular weight excluding hydrogens is 396 g/mol. The molecule has 3 aromatic rings. The van der Waals surface area contributed by atoms with Crippen LogP contribution in [0.1, 0.15) is 11.1 Å². The molecule has 154 valence electrons. The van der Waals surface area contributed by atoms with E-state index in [1.54, 1.807) is 16.2 Å². The van der Waals surface area contributed by atoms with Crippen LogP contribution >= 0.6 is 11.3 Å². The Kier molecular flexibility index (Phi) is 5.97. The number of nitrogens with zero attached hydrogens (tertiary/aromatic N) is 1. The van der Waals surface area contributed by atoms with Crippen molar-refractivity contribution >= 4 is 23.2 Å². The lowest BCUT2D eigenvalue weighted by atomic mass is 9.91. The Morgan fingerprint density at radius 3 is 2.43 bits per heavy atom. The molecule has 0 unspecified atom stereocenters. The van der Waals surface area contributed by atoms with Crippen molar-refractivity contribution in [2.75, 3.05) is 19.7 Å². The number of thiophene rings is 1. The molecule has 2 heterocycles. The smallest absolute Gasteiger partial charge is 0.251 e. The number of primary amides is 1. The van der Waals surface area contributed by atoms with E-state index in [2.05, 4.69) is 6.07 Å². The summed E-state index contributed by atoms with van der Waals surface area (Å²) in [5.74, 6) is -0.565. The zero-order valence-corrected chi connectivity index (χ0v) is 17.4. The number of nitrogens with two attached hydrogens (primary N) is 1. The molecule has 0 radical (unpaired) electrons. The molecule has 0 spiro atoms. The van der Waals surface area contributed by atoms with Crippen LogP contribution in [0.2, 0.25) is 0 Å². The van der Waals surface area contributed by atoms with Crippen LogP contribution in [0.4, 0.5) is 0 Å². The van der Waals surface area contributed by atoms with Crippen LogP contribution < -0.4 is 5.73 Å². The zero-order valence-electron chi connectivity index (χ0n) is 16.6. The van der Waals surface area contributed by atoms with Gasteiger partial charge in [-0.05, 0) is 28.1 Å². The highest BCUT2D eigenvalue weighted by molar-refractivity contribution is 7.13. The molecule has 1 aliphatic rings. The van der Waals surface area contributed by atoms with Gasteiger partial charge in [-0.2, -0.15) is 0 Å². The standard InChI is InChI=1S/C24H24N2O3S/c25-23(28)24(16-19-8-10-20(11-9-19)21-7-4-14-30-21)17-26(12-13-29-24)22(27)15-18-5-2-1-3-6-18/h1-11,14H,12-13,15-17H2,(H2,25,28)/t24-/m0/s1. The van der Waals surface area contributed by atoms with Gasteiger partial charge in [0.15, 0.2) is 5.60 Å². The summed E-state index contributed by atoms with van der Waals surface area (Å²) in [7, 11) is 0. The predicted molar refractivity (Wildman–Crippen MR) is 118 cm³/mol. The maximum atomic E-state index is 12.8. The minimum atomic E-state index is -1.21. The van der Waals surface area contributed by atoms with Crippen LogP contribution in [0.3, 0.4) is 0 Å². The minimum Gasteiger partial charge on any atom is -0.367 e. The number of hydrogen-bond acceptors (Lipinski definition) is 4. The van der Waals surface area contributed by atoms with Crippen LogP contribution in [0.25, 0.3) is 10.4 Å².